The Kier molecular flexibility index (Phi) is 7.40. The molecule has 0 aliphatic rings. The molecule has 0 heterocycles. The lowest BCUT2D eigenvalue weighted by atomic mass is 10.2. The first-order chi connectivity index (χ1) is 13.2. The SMILES string of the molecule is CCOc1ccc(NC(=O)c2ccc(F)cc2Cl)cc1S(=O)(=O)N(CC)CC. The quantitative estimate of drug-likeness (QED) is 0.685. The zero-order chi connectivity index (χ0) is 20.9. The number of amides is 1. The van der Waals surface area contributed by atoms with E-state index in [0.29, 0.717) is 13.1 Å². The minimum Gasteiger partial charge on any atom is -0.492 e. The number of ether oxygens (including phenoxy) is 1. The van der Waals surface area contributed by atoms with Crippen molar-refractivity contribution in [2.45, 2.75) is 25.7 Å². The summed E-state index contributed by atoms with van der Waals surface area (Å²) in [5.41, 5.74) is 0.324. The second-order valence-electron chi connectivity index (χ2n) is 5.76. The number of anilines is 1. The molecule has 2 aromatic carbocycles. The number of nitrogens with one attached hydrogen (secondary N) is 1. The summed E-state index contributed by atoms with van der Waals surface area (Å²) in [6.07, 6.45) is 0. The fourth-order valence-electron chi connectivity index (χ4n) is 2.64. The molecule has 0 fully saturated rings. The third-order valence-electron chi connectivity index (χ3n) is 4.00. The van der Waals surface area contributed by atoms with Gasteiger partial charge in [-0.05, 0) is 43.3 Å². The van der Waals surface area contributed by atoms with Crippen molar-refractivity contribution in [2.24, 2.45) is 0 Å². The number of benzene rings is 2. The van der Waals surface area contributed by atoms with Gasteiger partial charge in [0, 0.05) is 18.8 Å². The average Bonchev–Trinajstić information content (AvgIpc) is 2.63. The maximum absolute atomic E-state index is 13.2. The molecule has 9 heteroatoms. The zero-order valence-electron chi connectivity index (χ0n) is 15.8. The predicted octanol–water partition coefficient (Wildman–Crippen LogP) is 4.16. The van der Waals surface area contributed by atoms with E-state index in [-0.39, 0.29) is 33.5 Å². The van der Waals surface area contributed by atoms with Crippen LogP contribution in [0.1, 0.15) is 31.1 Å². The second kappa shape index (κ2) is 9.36. The van der Waals surface area contributed by atoms with Crippen molar-refractivity contribution >= 4 is 33.2 Å². The van der Waals surface area contributed by atoms with E-state index in [1.165, 1.54) is 28.6 Å². The first kappa shape index (κ1) is 22.1. The highest BCUT2D eigenvalue weighted by atomic mass is 35.5. The van der Waals surface area contributed by atoms with Gasteiger partial charge in [0.05, 0.1) is 17.2 Å². The molecule has 0 aliphatic heterocycles. The number of sulfonamides is 1. The van der Waals surface area contributed by atoms with Gasteiger partial charge in [0.15, 0.2) is 0 Å². The minimum absolute atomic E-state index is 0.0407. The Labute approximate surface area is 169 Å². The van der Waals surface area contributed by atoms with Crippen molar-refractivity contribution in [3.05, 3.63) is 52.8 Å². The molecule has 0 saturated carbocycles. The molecule has 1 N–H and O–H groups in total. The highest BCUT2D eigenvalue weighted by molar-refractivity contribution is 7.89. The largest absolute Gasteiger partial charge is 0.492 e. The number of rotatable bonds is 8. The monoisotopic (exact) mass is 428 g/mol. The summed E-state index contributed by atoms with van der Waals surface area (Å²) >= 11 is 5.92. The molecule has 2 aromatic rings. The molecule has 0 atom stereocenters. The van der Waals surface area contributed by atoms with Crippen molar-refractivity contribution in [3.63, 3.8) is 0 Å². The van der Waals surface area contributed by atoms with Gasteiger partial charge in [0.25, 0.3) is 5.91 Å². The topological polar surface area (TPSA) is 75.7 Å². The summed E-state index contributed by atoms with van der Waals surface area (Å²) in [5, 5.41) is 2.55. The predicted molar refractivity (Wildman–Crippen MR) is 107 cm³/mol. The molecule has 28 heavy (non-hydrogen) atoms. The first-order valence-electron chi connectivity index (χ1n) is 8.77. The Morgan fingerprint density at radius 1 is 1.14 bits per heavy atom. The molecule has 0 bridgehead atoms. The summed E-state index contributed by atoms with van der Waals surface area (Å²) in [6, 6.07) is 7.77. The van der Waals surface area contributed by atoms with Crippen LogP contribution in [0.3, 0.4) is 0 Å². The van der Waals surface area contributed by atoms with Crippen molar-refractivity contribution in [3.8, 4) is 5.75 Å². The van der Waals surface area contributed by atoms with Crippen molar-refractivity contribution in [1.29, 1.82) is 0 Å². The van der Waals surface area contributed by atoms with Gasteiger partial charge in [-0.3, -0.25) is 4.79 Å². The number of hydrogen-bond acceptors (Lipinski definition) is 4. The molecule has 152 valence electrons. The Hall–Kier alpha value is -2.16. The lowest BCUT2D eigenvalue weighted by Crippen LogP contribution is -2.31. The maximum Gasteiger partial charge on any atom is 0.257 e. The van der Waals surface area contributed by atoms with Gasteiger partial charge in [-0.1, -0.05) is 25.4 Å². The molecule has 0 aromatic heterocycles. The molecular weight excluding hydrogens is 407 g/mol. The van der Waals surface area contributed by atoms with Gasteiger partial charge in [-0.15, -0.1) is 0 Å². The van der Waals surface area contributed by atoms with Gasteiger partial charge in [0.1, 0.15) is 16.5 Å². The van der Waals surface area contributed by atoms with Crippen LogP contribution in [0, 0.1) is 5.82 Å². The van der Waals surface area contributed by atoms with E-state index in [1.807, 2.05) is 0 Å². The smallest absolute Gasteiger partial charge is 0.257 e. The van der Waals surface area contributed by atoms with Crippen LogP contribution in [-0.2, 0) is 10.0 Å². The Balaban J connectivity index is 2.43. The van der Waals surface area contributed by atoms with Crippen LogP contribution in [0.15, 0.2) is 41.3 Å². The van der Waals surface area contributed by atoms with E-state index in [4.69, 9.17) is 16.3 Å². The van der Waals surface area contributed by atoms with E-state index >= 15 is 0 Å². The zero-order valence-corrected chi connectivity index (χ0v) is 17.4. The number of carbonyl (C=O) groups excluding carboxylic acids is 1. The van der Waals surface area contributed by atoms with Crippen LogP contribution in [-0.4, -0.2) is 38.3 Å². The van der Waals surface area contributed by atoms with Gasteiger partial charge in [-0.2, -0.15) is 4.31 Å². The van der Waals surface area contributed by atoms with Gasteiger partial charge in [-0.25, -0.2) is 12.8 Å². The summed E-state index contributed by atoms with van der Waals surface area (Å²) < 4.78 is 45.9. The van der Waals surface area contributed by atoms with E-state index in [1.54, 1.807) is 20.8 Å². The number of halogens is 2. The Morgan fingerprint density at radius 3 is 2.39 bits per heavy atom. The third kappa shape index (κ3) is 4.81. The van der Waals surface area contributed by atoms with Gasteiger partial charge < -0.3 is 10.1 Å². The van der Waals surface area contributed by atoms with Crippen LogP contribution >= 0.6 is 11.6 Å². The highest BCUT2D eigenvalue weighted by Crippen LogP contribution is 2.30. The lowest BCUT2D eigenvalue weighted by molar-refractivity contribution is 0.102. The normalized spacial score (nSPS) is 11.5. The number of carbonyl (C=O) groups is 1. The lowest BCUT2D eigenvalue weighted by Gasteiger charge is -2.21. The number of nitrogens with zero attached hydrogens (tertiary/aromatic N) is 1. The van der Waals surface area contributed by atoms with Gasteiger partial charge >= 0.3 is 0 Å². The standard InChI is InChI=1S/C19H22ClFN2O4S/c1-4-23(5-2)28(25,26)18-12-14(8-10-17(18)27-6-3)22-19(24)15-9-7-13(21)11-16(15)20/h7-12H,4-6H2,1-3H3,(H,22,24). The minimum atomic E-state index is -3.81. The van der Waals surface area contributed by atoms with Crippen LogP contribution < -0.4 is 10.1 Å². The second-order valence-corrected chi connectivity index (χ2v) is 8.08. The molecule has 6 nitrogen and oxygen atoms in total. The fourth-order valence-corrected chi connectivity index (χ4v) is 4.50. The molecule has 0 aliphatic carbocycles. The summed E-state index contributed by atoms with van der Waals surface area (Å²) in [5.74, 6) is -0.942. The molecule has 0 unspecified atom stereocenters. The van der Waals surface area contributed by atoms with E-state index < -0.39 is 21.7 Å². The Bertz CT molecular complexity index is 962. The van der Waals surface area contributed by atoms with Crippen LogP contribution in [0.4, 0.5) is 10.1 Å². The van der Waals surface area contributed by atoms with Gasteiger partial charge in [0.2, 0.25) is 10.0 Å². The molecule has 0 radical (unpaired) electrons. The van der Waals surface area contributed by atoms with E-state index in [9.17, 15) is 17.6 Å². The maximum atomic E-state index is 13.2. The fraction of sp³-hybridized carbons (Fsp3) is 0.316. The molecule has 1 amide bonds. The van der Waals surface area contributed by atoms with Crippen molar-refractivity contribution in [2.75, 3.05) is 25.0 Å². The van der Waals surface area contributed by atoms with E-state index in [0.717, 1.165) is 12.1 Å². The van der Waals surface area contributed by atoms with Crippen molar-refractivity contribution in [1.82, 2.24) is 4.31 Å². The highest BCUT2D eigenvalue weighted by Gasteiger charge is 2.26. The average molecular weight is 429 g/mol. The van der Waals surface area contributed by atoms with Crippen LogP contribution in [0.5, 0.6) is 5.75 Å². The van der Waals surface area contributed by atoms with E-state index in [2.05, 4.69) is 5.32 Å². The molecular formula is C19H22ClFN2O4S. The number of hydrogen-bond donors (Lipinski definition) is 1. The third-order valence-corrected chi connectivity index (χ3v) is 6.38. The van der Waals surface area contributed by atoms with Crippen LogP contribution in [0.25, 0.3) is 0 Å². The summed E-state index contributed by atoms with van der Waals surface area (Å²) in [4.78, 5) is 12.4. The molecule has 2 rings (SSSR count). The Morgan fingerprint density at radius 2 is 1.82 bits per heavy atom. The summed E-state index contributed by atoms with van der Waals surface area (Å²) in [7, 11) is -3.81. The molecule has 0 saturated heterocycles. The first-order valence-corrected chi connectivity index (χ1v) is 10.6. The van der Waals surface area contributed by atoms with Crippen LogP contribution in [0.2, 0.25) is 5.02 Å². The molecule has 0 spiro atoms. The van der Waals surface area contributed by atoms with Crippen molar-refractivity contribution < 1.29 is 22.3 Å². The summed E-state index contributed by atoms with van der Waals surface area (Å²) in [6.45, 7) is 6.11.